The molecular formula is C10H8F2N2O6S. The van der Waals surface area contributed by atoms with Crippen LogP contribution < -0.4 is 11.1 Å². The average Bonchev–Trinajstić information content (AvgIpc) is 2.25. The molecule has 0 aliphatic carbocycles. The predicted molar refractivity (Wildman–Crippen MR) is 63.1 cm³/mol. The molecule has 0 fully saturated rings. The van der Waals surface area contributed by atoms with E-state index < -0.39 is 55.6 Å². The van der Waals surface area contributed by atoms with E-state index in [2.05, 4.69) is 5.73 Å². The van der Waals surface area contributed by atoms with Gasteiger partial charge in [-0.05, 0) is 12.1 Å². The second-order valence-corrected chi connectivity index (χ2v) is 5.67. The summed E-state index contributed by atoms with van der Waals surface area (Å²) in [5.41, 5.74) is 3.13. The Kier molecular flexibility index (Phi) is 4.58. The van der Waals surface area contributed by atoms with Gasteiger partial charge in [-0.1, -0.05) is 0 Å². The number of aromatic carboxylic acids is 1. The van der Waals surface area contributed by atoms with Crippen molar-refractivity contribution in [1.82, 2.24) is 5.32 Å². The van der Waals surface area contributed by atoms with E-state index in [0.717, 1.165) is 0 Å². The Morgan fingerprint density at radius 1 is 1.24 bits per heavy atom. The van der Waals surface area contributed by atoms with Gasteiger partial charge in [0, 0.05) is 0 Å². The van der Waals surface area contributed by atoms with Crippen LogP contribution in [0.25, 0.3) is 0 Å². The highest BCUT2D eigenvalue weighted by atomic mass is 32.2. The number of carboxylic acids is 1. The molecule has 0 atom stereocenters. The summed E-state index contributed by atoms with van der Waals surface area (Å²) in [5, 5.41) is 10.1. The van der Waals surface area contributed by atoms with Gasteiger partial charge in [0.2, 0.25) is 5.91 Å². The van der Waals surface area contributed by atoms with Crippen molar-refractivity contribution in [1.29, 1.82) is 0 Å². The summed E-state index contributed by atoms with van der Waals surface area (Å²) in [4.78, 5) is 31.0. The highest BCUT2D eigenvalue weighted by Crippen LogP contribution is 2.22. The number of amides is 3. The molecule has 1 aromatic carbocycles. The van der Waals surface area contributed by atoms with Crippen molar-refractivity contribution >= 4 is 27.7 Å². The van der Waals surface area contributed by atoms with Crippen LogP contribution in [0.2, 0.25) is 0 Å². The standard InChI is InChI=1S/C10H8F2N2O6S/c11-4-1-2-5(8(12)7(4)9(16)17)21(19,20)3-6(15)14-10(13)18/h1-2H,3H2,(H,16,17)(H3,13,14,15,18). The Bertz CT molecular complexity index is 731. The molecule has 0 unspecified atom stereocenters. The van der Waals surface area contributed by atoms with Crippen LogP contribution in [-0.4, -0.2) is 37.2 Å². The number of primary amides is 1. The van der Waals surface area contributed by atoms with Crippen LogP contribution in [0, 0.1) is 11.6 Å². The third-order valence-electron chi connectivity index (χ3n) is 2.19. The number of carboxylic acid groups (broad SMARTS) is 1. The molecule has 1 rings (SSSR count). The summed E-state index contributed by atoms with van der Waals surface area (Å²) in [6, 6.07) is -0.406. The maximum Gasteiger partial charge on any atom is 0.341 e. The second kappa shape index (κ2) is 5.83. The molecule has 0 bridgehead atoms. The van der Waals surface area contributed by atoms with Gasteiger partial charge in [0.1, 0.15) is 22.0 Å². The average molecular weight is 322 g/mol. The van der Waals surface area contributed by atoms with E-state index in [-0.39, 0.29) is 0 Å². The van der Waals surface area contributed by atoms with E-state index in [1.54, 1.807) is 0 Å². The van der Waals surface area contributed by atoms with E-state index in [1.807, 2.05) is 0 Å². The van der Waals surface area contributed by atoms with Crippen LogP contribution >= 0.6 is 0 Å². The highest BCUT2D eigenvalue weighted by molar-refractivity contribution is 7.92. The van der Waals surface area contributed by atoms with E-state index in [9.17, 15) is 31.6 Å². The number of hydrogen-bond donors (Lipinski definition) is 3. The number of imide groups is 1. The molecule has 21 heavy (non-hydrogen) atoms. The predicted octanol–water partition coefficient (Wildman–Crippen LogP) is -0.368. The Morgan fingerprint density at radius 3 is 2.29 bits per heavy atom. The normalized spacial score (nSPS) is 11.0. The van der Waals surface area contributed by atoms with Crippen molar-refractivity contribution < 1.29 is 36.7 Å². The van der Waals surface area contributed by atoms with Crippen molar-refractivity contribution in [3.8, 4) is 0 Å². The smallest absolute Gasteiger partial charge is 0.341 e. The summed E-state index contributed by atoms with van der Waals surface area (Å²) in [6.07, 6.45) is 0. The van der Waals surface area contributed by atoms with Crippen LogP contribution in [0.3, 0.4) is 0 Å². The minimum atomic E-state index is -4.63. The molecule has 0 saturated carbocycles. The highest BCUT2D eigenvalue weighted by Gasteiger charge is 2.28. The fraction of sp³-hybridized carbons (Fsp3) is 0.100. The van der Waals surface area contributed by atoms with Crippen LogP contribution in [-0.2, 0) is 14.6 Å². The Hall–Kier alpha value is -2.56. The second-order valence-electron chi connectivity index (χ2n) is 3.71. The van der Waals surface area contributed by atoms with Crippen LogP contribution in [0.5, 0.6) is 0 Å². The van der Waals surface area contributed by atoms with Crippen molar-refractivity contribution in [2.24, 2.45) is 5.73 Å². The molecule has 8 nitrogen and oxygen atoms in total. The summed E-state index contributed by atoms with van der Waals surface area (Å²) in [7, 11) is -4.63. The van der Waals surface area contributed by atoms with Gasteiger partial charge in [0.25, 0.3) is 0 Å². The molecule has 0 radical (unpaired) electrons. The molecule has 114 valence electrons. The monoisotopic (exact) mass is 322 g/mol. The minimum Gasteiger partial charge on any atom is -0.477 e. The molecule has 0 aliphatic heterocycles. The number of benzene rings is 1. The minimum absolute atomic E-state index is 0.436. The third-order valence-corrected chi connectivity index (χ3v) is 3.82. The molecule has 1 aromatic rings. The number of sulfone groups is 1. The fourth-order valence-corrected chi connectivity index (χ4v) is 2.62. The molecule has 4 N–H and O–H groups in total. The molecule has 0 heterocycles. The summed E-state index contributed by atoms with van der Waals surface area (Å²) in [5.74, 6) is -8.03. The van der Waals surface area contributed by atoms with Gasteiger partial charge in [0.15, 0.2) is 15.7 Å². The molecule has 0 aliphatic rings. The zero-order valence-corrected chi connectivity index (χ0v) is 10.9. The Morgan fingerprint density at radius 2 is 1.81 bits per heavy atom. The van der Waals surface area contributed by atoms with Gasteiger partial charge in [-0.15, -0.1) is 0 Å². The molecule has 0 aromatic heterocycles. The Balaban J connectivity index is 3.27. The quantitative estimate of drug-likeness (QED) is 0.645. The molecule has 0 spiro atoms. The number of urea groups is 1. The number of rotatable bonds is 4. The van der Waals surface area contributed by atoms with Crippen LogP contribution in [0.15, 0.2) is 17.0 Å². The fourth-order valence-electron chi connectivity index (χ4n) is 1.39. The van der Waals surface area contributed by atoms with Crippen molar-refractivity contribution in [3.05, 3.63) is 29.3 Å². The first-order valence-electron chi connectivity index (χ1n) is 5.09. The Labute approximate surface area is 116 Å². The largest absolute Gasteiger partial charge is 0.477 e. The van der Waals surface area contributed by atoms with Crippen LogP contribution in [0.1, 0.15) is 10.4 Å². The number of carbonyl (C=O) groups is 3. The first-order valence-corrected chi connectivity index (χ1v) is 6.75. The molecular weight excluding hydrogens is 314 g/mol. The van der Waals surface area contributed by atoms with Crippen molar-refractivity contribution in [3.63, 3.8) is 0 Å². The van der Waals surface area contributed by atoms with E-state index in [0.29, 0.717) is 12.1 Å². The van der Waals surface area contributed by atoms with E-state index in [4.69, 9.17) is 5.11 Å². The summed E-state index contributed by atoms with van der Waals surface area (Å²) < 4.78 is 50.4. The van der Waals surface area contributed by atoms with Gasteiger partial charge < -0.3 is 10.8 Å². The number of halogens is 2. The lowest BCUT2D eigenvalue weighted by molar-refractivity contribution is -0.117. The molecule has 11 heteroatoms. The first-order chi connectivity index (χ1) is 9.56. The van der Waals surface area contributed by atoms with Gasteiger partial charge >= 0.3 is 12.0 Å². The van der Waals surface area contributed by atoms with Gasteiger partial charge in [-0.2, -0.15) is 0 Å². The van der Waals surface area contributed by atoms with E-state index in [1.165, 1.54) is 5.32 Å². The lowest BCUT2D eigenvalue weighted by atomic mass is 10.2. The number of nitrogens with one attached hydrogen (secondary N) is 1. The number of hydrogen-bond acceptors (Lipinski definition) is 5. The van der Waals surface area contributed by atoms with Crippen molar-refractivity contribution in [2.45, 2.75) is 4.90 Å². The SMILES string of the molecule is NC(=O)NC(=O)CS(=O)(=O)c1ccc(F)c(C(=O)O)c1F. The molecule has 0 saturated heterocycles. The number of carbonyl (C=O) groups excluding carboxylic acids is 2. The first kappa shape index (κ1) is 16.5. The van der Waals surface area contributed by atoms with Gasteiger partial charge in [-0.25, -0.2) is 26.8 Å². The lowest BCUT2D eigenvalue weighted by Crippen LogP contribution is -2.38. The van der Waals surface area contributed by atoms with E-state index >= 15 is 0 Å². The zero-order valence-electron chi connectivity index (χ0n) is 10.1. The molecule has 3 amide bonds. The van der Waals surface area contributed by atoms with Crippen molar-refractivity contribution in [2.75, 3.05) is 5.75 Å². The van der Waals surface area contributed by atoms with Gasteiger partial charge in [0.05, 0.1) is 0 Å². The number of nitrogens with two attached hydrogens (primary N) is 1. The maximum atomic E-state index is 13.8. The zero-order chi connectivity index (χ0) is 16.4. The third kappa shape index (κ3) is 3.72. The lowest BCUT2D eigenvalue weighted by Gasteiger charge is -2.07. The topological polar surface area (TPSA) is 144 Å². The van der Waals surface area contributed by atoms with Gasteiger partial charge in [-0.3, -0.25) is 10.1 Å². The summed E-state index contributed by atoms with van der Waals surface area (Å²) in [6.45, 7) is 0. The summed E-state index contributed by atoms with van der Waals surface area (Å²) >= 11 is 0. The maximum absolute atomic E-state index is 13.8. The van der Waals surface area contributed by atoms with Crippen LogP contribution in [0.4, 0.5) is 13.6 Å².